The Morgan fingerprint density at radius 1 is 1.07 bits per heavy atom. The van der Waals surface area contributed by atoms with Crippen molar-refractivity contribution < 1.29 is 29.0 Å². The van der Waals surface area contributed by atoms with Crippen LogP contribution in [-0.2, 0) is 4.74 Å². The second-order valence-electron chi connectivity index (χ2n) is 12.9. The maximum atomic E-state index is 14.3. The van der Waals surface area contributed by atoms with Crippen LogP contribution in [0.25, 0.3) is 0 Å². The van der Waals surface area contributed by atoms with Crippen LogP contribution in [0.15, 0.2) is 42.7 Å². The Labute approximate surface area is 273 Å². The summed E-state index contributed by atoms with van der Waals surface area (Å²) in [6, 6.07) is 7.87. The molecule has 0 radical (unpaired) electrons. The topological polar surface area (TPSA) is 133 Å². The molecule has 252 valence electrons. The minimum atomic E-state index is -0.504. The molecular formula is C35H51N5O6. The number of amides is 4. The van der Waals surface area contributed by atoms with E-state index in [9.17, 15) is 19.5 Å². The van der Waals surface area contributed by atoms with E-state index >= 15 is 0 Å². The van der Waals surface area contributed by atoms with Gasteiger partial charge in [-0.2, -0.15) is 0 Å². The zero-order chi connectivity index (χ0) is 33.1. The van der Waals surface area contributed by atoms with Gasteiger partial charge in [0.05, 0.1) is 30.4 Å². The fourth-order valence-electron chi connectivity index (χ4n) is 6.13. The van der Waals surface area contributed by atoms with Crippen LogP contribution in [0.2, 0.25) is 0 Å². The monoisotopic (exact) mass is 637 g/mol. The van der Waals surface area contributed by atoms with Gasteiger partial charge in [-0.25, -0.2) is 4.79 Å². The van der Waals surface area contributed by atoms with Gasteiger partial charge in [-0.05, 0) is 76.3 Å². The summed E-state index contributed by atoms with van der Waals surface area (Å²) < 4.78 is 12.7. The number of likely N-dealkylation sites (N-methyl/N-ethyl adjacent to an activating group) is 1. The molecule has 1 fully saturated rings. The normalized spacial score (nSPS) is 22.5. The quantitative estimate of drug-likeness (QED) is 0.385. The number of carbonyl (C=O) groups excluding carboxylic acids is 3. The molecule has 11 nitrogen and oxygen atoms in total. The SMILES string of the molecule is C[C@@H]1CCCCO[C@H](CN(C)C(=O)c2ccncc2)[C@H](C)CN([C@@H](C)CO)C(=O)c2cc(NC(=O)NC3CCCCC3)ccc2O1. The number of rotatable bonds is 7. The van der Waals surface area contributed by atoms with Crippen molar-refractivity contribution in [3.63, 3.8) is 0 Å². The highest BCUT2D eigenvalue weighted by Crippen LogP contribution is 2.29. The molecule has 2 aromatic rings. The first-order valence-electron chi connectivity index (χ1n) is 16.7. The molecular weight excluding hydrogens is 586 g/mol. The molecule has 1 saturated carbocycles. The maximum absolute atomic E-state index is 14.3. The molecule has 1 aromatic heterocycles. The number of hydrogen-bond donors (Lipinski definition) is 3. The number of pyridine rings is 1. The van der Waals surface area contributed by atoms with Gasteiger partial charge >= 0.3 is 6.03 Å². The molecule has 4 rings (SSSR count). The average molecular weight is 638 g/mol. The highest BCUT2D eigenvalue weighted by molar-refractivity contribution is 5.99. The lowest BCUT2D eigenvalue weighted by atomic mass is 9.96. The van der Waals surface area contributed by atoms with E-state index in [0.717, 1.165) is 44.9 Å². The van der Waals surface area contributed by atoms with Gasteiger partial charge in [-0.1, -0.05) is 26.2 Å². The van der Waals surface area contributed by atoms with Gasteiger partial charge in [-0.3, -0.25) is 14.6 Å². The molecule has 4 atom stereocenters. The molecule has 0 saturated heterocycles. The zero-order valence-electron chi connectivity index (χ0n) is 27.7. The molecule has 2 aliphatic rings. The Balaban J connectivity index is 1.58. The van der Waals surface area contributed by atoms with E-state index in [0.29, 0.717) is 35.7 Å². The third-order valence-corrected chi connectivity index (χ3v) is 8.98. The summed E-state index contributed by atoms with van der Waals surface area (Å²) in [7, 11) is 1.75. The summed E-state index contributed by atoms with van der Waals surface area (Å²) in [6.07, 6.45) is 10.4. The summed E-state index contributed by atoms with van der Waals surface area (Å²) in [5.74, 6) is -0.198. The van der Waals surface area contributed by atoms with E-state index < -0.39 is 6.04 Å². The first-order valence-corrected chi connectivity index (χ1v) is 16.7. The van der Waals surface area contributed by atoms with Crippen molar-refractivity contribution in [3.8, 4) is 5.75 Å². The van der Waals surface area contributed by atoms with Crippen LogP contribution >= 0.6 is 0 Å². The number of aromatic nitrogens is 1. The van der Waals surface area contributed by atoms with Gasteiger partial charge in [0.25, 0.3) is 11.8 Å². The highest BCUT2D eigenvalue weighted by Gasteiger charge is 2.31. The third kappa shape index (κ3) is 9.90. The Kier molecular flexibility index (Phi) is 13.2. The lowest BCUT2D eigenvalue weighted by Gasteiger charge is -2.36. The molecule has 11 heteroatoms. The molecule has 1 aliphatic carbocycles. The number of aliphatic hydroxyl groups is 1. The number of fused-ring (bicyclic) bond motifs is 1. The minimum Gasteiger partial charge on any atom is -0.490 e. The number of anilines is 1. The van der Waals surface area contributed by atoms with Crippen LogP contribution in [0, 0.1) is 5.92 Å². The van der Waals surface area contributed by atoms with Crippen LogP contribution in [0.3, 0.4) is 0 Å². The third-order valence-electron chi connectivity index (χ3n) is 8.98. The van der Waals surface area contributed by atoms with E-state index in [1.165, 1.54) is 6.42 Å². The van der Waals surface area contributed by atoms with Gasteiger partial charge in [0, 0.05) is 62.3 Å². The first-order chi connectivity index (χ1) is 22.2. The van der Waals surface area contributed by atoms with Crippen molar-refractivity contribution in [1.82, 2.24) is 20.1 Å². The van der Waals surface area contributed by atoms with Crippen LogP contribution in [0.5, 0.6) is 5.75 Å². The molecule has 3 N–H and O–H groups in total. The van der Waals surface area contributed by atoms with Crippen molar-refractivity contribution >= 4 is 23.5 Å². The van der Waals surface area contributed by atoms with E-state index in [-0.39, 0.29) is 55.2 Å². The standard InChI is InChI=1S/C35H51N5O6/c1-24-21-40(25(2)23-41)34(43)30-20-29(38-35(44)37-28-11-6-5-7-12-28)13-14-31(30)46-26(3)10-8-9-19-45-32(24)22-39(4)33(42)27-15-17-36-18-16-27/h13-18,20,24-26,28,32,41H,5-12,19,21-23H2,1-4H3,(H2,37,38,44)/t24-,25+,26-,32-/m1/s1. The van der Waals surface area contributed by atoms with E-state index in [4.69, 9.17) is 9.47 Å². The zero-order valence-corrected chi connectivity index (χ0v) is 27.7. The fourth-order valence-corrected chi connectivity index (χ4v) is 6.13. The van der Waals surface area contributed by atoms with Gasteiger partial charge in [0.1, 0.15) is 5.75 Å². The summed E-state index contributed by atoms with van der Waals surface area (Å²) in [6.45, 7) is 6.65. The van der Waals surface area contributed by atoms with Crippen molar-refractivity contribution in [3.05, 3.63) is 53.9 Å². The van der Waals surface area contributed by atoms with Crippen LogP contribution in [-0.4, -0.2) is 95.4 Å². The Bertz CT molecular complexity index is 1290. The lowest BCUT2D eigenvalue weighted by molar-refractivity contribution is -0.0149. The van der Waals surface area contributed by atoms with Crippen molar-refractivity contribution in [2.24, 2.45) is 5.92 Å². The molecule has 0 unspecified atom stereocenters. The minimum absolute atomic E-state index is 0.137. The van der Waals surface area contributed by atoms with Gasteiger partial charge in [-0.15, -0.1) is 0 Å². The number of nitrogens with one attached hydrogen (secondary N) is 2. The van der Waals surface area contributed by atoms with Crippen molar-refractivity contribution in [2.75, 3.05) is 38.7 Å². The van der Waals surface area contributed by atoms with Crippen molar-refractivity contribution in [1.29, 1.82) is 0 Å². The van der Waals surface area contributed by atoms with E-state index in [1.807, 2.05) is 13.8 Å². The molecule has 0 bridgehead atoms. The highest BCUT2D eigenvalue weighted by atomic mass is 16.5. The number of aliphatic hydroxyl groups excluding tert-OH is 1. The number of urea groups is 1. The number of ether oxygens (including phenoxy) is 2. The predicted octanol–water partition coefficient (Wildman–Crippen LogP) is 5.10. The molecule has 4 amide bonds. The first kappa shape index (κ1) is 35.2. The molecule has 2 heterocycles. The summed E-state index contributed by atoms with van der Waals surface area (Å²) >= 11 is 0. The summed E-state index contributed by atoms with van der Waals surface area (Å²) in [4.78, 5) is 47.6. The molecule has 1 aromatic carbocycles. The fraction of sp³-hybridized carbons (Fsp3) is 0.600. The maximum Gasteiger partial charge on any atom is 0.319 e. The largest absolute Gasteiger partial charge is 0.490 e. The Hall–Kier alpha value is -3.70. The number of benzene rings is 1. The molecule has 0 spiro atoms. The Morgan fingerprint density at radius 3 is 2.50 bits per heavy atom. The van der Waals surface area contributed by atoms with Crippen LogP contribution in [0.1, 0.15) is 92.9 Å². The Morgan fingerprint density at radius 2 is 1.78 bits per heavy atom. The number of nitrogens with zero attached hydrogens (tertiary/aromatic N) is 3. The summed E-state index contributed by atoms with van der Waals surface area (Å²) in [5, 5.41) is 16.2. The van der Waals surface area contributed by atoms with Crippen LogP contribution < -0.4 is 15.4 Å². The number of hydrogen-bond acceptors (Lipinski definition) is 7. The smallest absolute Gasteiger partial charge is 0.319 e. The second kappa shape index (κ2) is 17.3. The predicted molar refractivity (Wildman–Crippen MR) is 177 cm³/mol. The van der Waals surface area contributed by atoms with Gasteiger partial charge in [0.2, 0.25) is 0 Å². The van der Waals surface area contributed by atoms with E-state index in [2.05, 4.69) is 15.6 Å². The molecule has 1 aliphatic heterocycles. The van der Waals surface area contributed by atoms with E-state index in [1.54, 1.807) is 66.5 Å². The lowest BCUT2D eigenvalue weighted by Crippen LogP contribution is -2.48. The molecule has 46 heavy (non-hydrogen) atoms. The average Bonchev–Trinajstić information content (AvgIpc) is 3.06. The number of carbonyl (C=O) groups is 3. The van der Waals surface area contributed by atoms with Gasteiger partial charge in [0.15, 0.2) is 0 Å². The second-order valence-corrected chi connectivity index (χ2v) is 12.9. The van der Waals surface area contributed by atoms with Gasteiger partial charge < -0.3 is 35.0 Å². The summed E-state index contributed by atoms with van der Waals surface area (Å²) in [5.41, 5.74) is 1.34. The van der Waals surface area contributed by atoms with Crippen molar-refractivity contribution in [2.45, 2.75) is 96.4 Å². The van der Waals surface area contributed by atoms with Crippen LogP contribution in [0.4, 0.5) is 10.5 Å².